The lowest BCUT2D eigenvalue weighted by molar-refractivity contribution is 0.549. The molecule has 1 atom stereocenters. The average Bonchev–Trinajstić information content (AvgIpc) is 2.33. The minimum Gasteiger partial charge on any atom is -0.309 e. The van der Waals surface area contributed by atoms with Crippen LogP contribution < -0.4 is 5.32 Å². The molecular formula is C15H25NO2S. The molecule has 108 valence electrons. The summed E-state index contributed by atoms with van der Waals surface area (Å²) < 4.78 is 23.0. The lowest BCUT2D eigenvalue weighted by Crippen LogP contribution is -2.28. The van der Waals surface area contributed by atoms with E-state index in [-0.39, 0.29) is 11.8 Å². The van der Waals surface area contributed by atoms with E-state index >= 15 is 0 Å². The highest BCUT2D eigenvalue weighted by atomic mass is 32.2. The monoisotopic (exact) mass is 283 g/mol. The van der Waals surface area contributed by atoms with Crippen molar-refractivity contribution in [3.05, 3.63) is 35.4 Å². The first-order valence-corrected chi connectivity index (χ1v) is 8.90. The topological polar surface area (TPSA) is 46.2 Å². The van der Waals surface area contributed by atoms with Crippen LogP contribution in [0.15, 0.2) is 24.3 Å². The smallest absolute Gasteiger partial charge is 0.149 e. The van der Waals surface area contributed by atoms with E-state index < -0.39 is 9.84 Å². The quantitative estimate of drug-likeness (QED) is 0.837. The van der Waals surface area contributed by atoms with Crippen molar-refractivity contribution in [2.45, 2.75) is 39.2 Å². The lowest BCUT2D eigenvalue weighted by atomic mass is 9.99. The first-order chi connectivity index (χ1) is 8.83. The lowest BCUT2D eigenvalue weighted by Gasteiger charge is -2.19. The van der Waals surface area contributed by atoms with Crippen LogP contribution in [0.5, 0.6) is 0 Å². The SMILES string of the molecule is CCCNC(CS(C)(=O)=O)c1ccc(C(C)C)cc1. The first-order valence-electron chi connectivity index (χ1n) is 6.84. The van der Waals surface area contributed by atoms with E-state index in [9.17, 15) is 8.42 Å². The van der Waals surface area contributed by atoms with Crippen molar-refractivity contribution in [3.63, 3.8) is 0 Å². The van der Waals surface area contributed by atoms with Crippen molar-refractivity contribution < 1.29 is 8.42 Å². The minimum atomic E-state index is -2.99. The van der Waals surface area contributed by atoms with Gasteiger partial charge in [-0.3, -0.25) is 0 Å². The van der Waals surface area contributed by atoms with Gasteiger partial charge in [-0.15, -0.1) is 0 Å². The van der Waals surface area contributed by atoms with Crippen molar-refractivity contribution in [2.24, 2.45) is 0 Å². The maximum Gasteiger partial charge on any atom is 0.149 e. The van der Waals surface area contributed by atoms with Crippen LogP contribution in [0.25, 0.3) is 0 Å². The van der Waals surface area contributed by atoms with E-state index in [1.807, 2.05) is 12.1 Å². The van der Waals surface area contributed by atoms with Crippen LogP contribution in [0, 0.1) is 0 Å². The second kappa shape index (κ2) is 7.06. The molecule has 0 aliphatic heterocycles. The number of sulfone groups is 1. The molecule has 0 radical (unpaired) electrons. The standard InChI is InChI=1S/C15H25NO2S/c1-5-10-16-15(11-19(4,17)18)14-8-6-13(7-9-14)12(2)3/h6-9,12,15-16H,5,10-11H2,1-4H3. The van der Waals surface area contributed by atoms with Gasteiger partial charge >= 0.3 is 0 Å². The molecule has 0 saturated carbocycles. The van der Waals surface area contributed by atoms with Gasteiger partial charge in [0.05, 0.1) is 5.75 Å². The maximum atomic E-state index is 11.5. The van der Waals surface area contributed by atoms with Gasteiger partial charge in [0.2, 0.25) is 0 Å². The van der Waals surface area contributed by atoms with Crippen LogP contribution in [-0.4, -0.2) is 27.0 Å². The van der Waals surface area contributed by atoms with Crippen LogP contribution in [0.3, 0.4) is 0 Å². The molecular weight excluding hydrogens is 258 g/mol. The van der Waals surface area contributed by atoms with Gasteiger partial charge in [0.15, 0.2) is 0 Å². The molecule has 0 bridgehead atoms. The average molecular weight is 283 g/mol. The van der Waals surface area contributed by atoms with Crippen molar-refractivity contribution in [3.8, 4) is 0 Å². The molecule has 0 saturated heterocycles. The number of benzene rings is 1. The van der Waals surface area contributed by atoms with Gasteiger partial charge in [0.1, 0.15) is 9.84 Å². The first kappa shape index (κ1) is 16.2. The zero-order chi connectivity index (χ0) is 14.5. The van der Waals surface area contributed by atoms with Gasteiger partial charge in [-0.2, -0.15) is 0 Å². The van der Waals surface area contributed by atoms with Crippen LogP contribution in [-0.2, 0) is 9.84 Å². The van der Waals surface area contributed by atoms with Gasteiger partial charge in [0, 0.05) is 12.3 Å². The third-order valence-corrected chi connectivity index (χ3v) is 4.05. The molecule has 1 aromatic rings. The molecule has 1 N–H and O–H groups in total. The zero-order valence-corrected chi connectivity index (χ0v) is 13.1. The Bertz CT molecular complexity index is 477. The Balaban J connectivity index is 2.90. The summed E-state index contributed by atoms with van der Waals surface area (Å²) in [5.74, 6) is 0.639. The van der Waals surface area contributed by atoms with Gasteiger partial charge in [-0.25, -0.2) is 8.42 Å². The van der Waals surface area contributed by atoms with E-state index in [0.717, 1.165) is 18.5 Å². The molecule has 3 nitrogen and oxygen atoms in total. The highest BCUT2D eigenvalue weighted by Gasteiger charge is 2.16. The summed E-state index contributed by atoms with van der Waals surface area (Å²) >= 11 is 0. The molecule has 1 unspecified atom stereocenters. The summed E-state index contributed by atoms with van der Waals surface area (Å²) in [6.07, 6.45) is 2.28. The summed E-state index contributed by atoms with van der Waals surface area (Å²) in [6, 6.07) is 8.13. The van der Waals surface area contributed by atoms with Crippen LogP contribution in [0.1, 0.15) is 50.3 Å². The van der Waals surface area contributed by atoms with Gasteiger partial charge in [0.25, 0.3) is 0 Å². The van der Waals surface area contributed by atoms with Gasteiger partial charge < -0.3 is 5.32 Å². The van der Waals surface area contributed by atoms with E-state index in [1.54, 1.807) is 0 Å². The highest BCUT2D eigenvalue weighted by Crippen LogP contribution is 2.20. The third kappa shape index (κ3) is 5.74. The third-order valence-electron chi connectivity index (χ3n) is 3.12. The predicted molar refractivity (Wildman–Crippen MR) is 81.3 cm³/mol. The second-order valence-electron chi connectivity index (χ2n) is 5.42. The molecule has 1 aromatic carbocycles. The Morgan fingerprint density at radius 1 is 1.11 bits per heavy atom. The minimum absolute atomic E-state index is 0.115. The molecule has 0 fully saturated rings. The Hall–Kier alpha value is -0.870. The number of hydrogen-bond acceptors (Lipinski definition) is 3. The van der Waals surface area contributed by atoms with E-state index in [0.29, 0.717) is 5.92 Å². The summed E-state index contributed by atoms with van der Waals surface area (Å²) in [5, 5.41) is 3.31. The van der Waals surface area contributed by atoms with Crippen LogP contribution in [0.4, 0.5) is 0 Å². The second-order valence-corrected chi connectivity index (χ2v) is 7.61. The van der Waals surface area contributed by atoms with Crippen molar-refractivity contribution in [1.82, 2.24) is 5.32 Å². The summed E-state index contributed by atoms with van der Waals surface area (Å²) in [5.41, 5.74) is 2.32. The van der Waals surface area contributed by atoms with E-state index in [4.69, 9.17) is 0 Å². The normalized spacial score (nSPS) is 13.7. The Morgan fingerprint density at radius 2 is 1.63 bits per heavy atom. The van der Waals surface area contributed by atoms with Crippen molar-refractivity contribution in [1.29, 1.82) is 0 Å². The Kier molecular flexibility index (Phi) is 6.01. The van der Waals surface area contributed by atoms with E-state index in [1.165, 1.54) is 11.8 Å². The number of hydrogen-bond donors (Lipinski definition) is 1. The Labute approximate surface area is 117 Å². The largest absolute Gasteiger partial charge is 0.309 e. The number of rotatable bonds is 7. The molecule has 0 heterocycles. The Morgan fingerprint density at radius 3 is 2.05 bits per heavy atom. The highest BCUT2D eigenvalue weighted by molar-refractivity contribution is 7.90. The summed E-state index contributed by atoms with van der Waals surface area (Å²) in [7, 11) is -2.99. The summed E-state index contributed by atoms with van der Waals surface area (Å²) in [6.45, 7) is 7.20. The maximum absolute atomic E-state index is 11.5. The molecule has 0 aliphatic carbocycles. The molecule has 4 heteroatoms. The van der Waals surface area contributed by atoms with Gasteiger partial charge in [-0.05, 0) is 30.0 Å². The van der Waals surface area contributed by atoms with Crippen molar-refractivity contribution >= 4 is 9.84 Å². The van der Waals surface area contributed by atoms with Crippen LogP contribution in [0.2, 0.25) is 0 Å². The van der Waals surface area contributed by atoms with Crippen LogP contribution >= 0.6 is 0 Å². The number of nitrogens with one attached hydrogen (secondary N) is 1. The van der Waals surface area contributed by atoms with E-state index in [2.05, 4.69) is 38.2 Å². The fraction of sp³-hybridized carbons (Fsp3) is 0.600. The zero-order valence-electron chi connectivity index (χ0n) is 12.3. The molecule has 0 aliphatic rings. The molecule has 0 amide bonds. The fourth-order valence-electron chi connectivity index (χ4n) is 2.01. The predicted octanol–water partition coefficient (Wildman–Crippen LogP) is 2.90. The molecule has 0 aromatic heterocycles. The molecule has 0 spiro atoms. The van der Waals surface area contributed by atoms with Gasteiger partial charge in [-0.1, -0.05) is 45.0 Å². The fourth-order valence-corrected chi connectivity index (χ4v) is 2.92. The van der Waals surface area contributed by atoms with Crippen molar-refractivity contribution in [2.75, 3.05) is 18.6 Å². The summed E-state index contributed by atoms with van der Waals surface area (Å²) in [4.78, 5) is 0. The molecule has 1 rings (SSSR count). The molecule has 19 heavy (non-hydrogen) atoms.